The number of hydrogen-bond donors (Lipinski definition) is 0. The highest BCUT2D eigenvalue weighted by Crippen LogP contribution is 2.13. The van der Waals surface area contributed by atoms with Gasteiger partial charge in [-0.3, -0.25) is 4.79 Å². The van der Waals surface area contributed by atoms with E-state index in [4.69, 9.17) is 9.47 Å². The molecule has 0 spiro atoms. The van der Waals surface area contributed by atoms with Crippen molar-refractivity contribution < 1.29 is 19.1 Å². The first-order valence-electron chi connectivity index (χ1n) is 6.48. The highest BCUT2D eigenvalue weighted by Gasteiger charge is 2.24. The first-order chi connectivity index (χ1) is 9.58. The summed E-state index contributed by atoms with van der Waals surface area (Å²) in [7, 11) is 1.56. The second kappa shape index (κ2) is 8.27. The number of Topliss-reactive ketones (excluding diaryl/α,β-unsaturated/α-hetero) is 1. The smallest absolute Gasteiger partial charge is 0.338 e. The van der Waals surface area contributed by atoms with E-state index in [0.717, 1.165) is 0 Å². The van der Waals surface area contributed by atoms with Crippen molar-refractivity contribution >= 4 is 11.8 Å². The zero-order valence-corrected chi connectivity index (χ0v) is 11.9. The predicted octanol–water partition coefficient (Wildman–Crippen LogP) is 2.78. The SMILES string of the molecule is C=CC[C@@H](C[C@H](OC(=O)c1ccccc1)C(C)=O)OC. The van der Waals surface area contributed by atoms with Gasteiger partial charge in [-0.25, -0.2) is 4.79 Å². The van der Waals surface area contributed by atoms with E-state index in [1.165, 1.54) is 6.92 Å². The Morgan fingerprint density at radius 3 is 2.45 bits per heavy atom. The predicted molar refractivity (Wildman–Crippen MR) is 76.6 cm³/mol. The summed E-state index contributed by atoms with van der Waals surface area (Å²) in [5, 5.41) is 0. The van der Waals surface area contributed by atoms with E-state index < -0.39 is 12.1 Å². The molecule has 1 aromatic carbocycles. The van der Waals surface area contributed by atoms with Crippen molar-refractivity contribution in [1.29, 1.82) is 0 Å². The molecule has 0 aromatic heterocycles. The molecule has 0 amide bonds. The summed E-state index contributed by atoms with van der Waals surface area (Å²) in [5.74, 6) is -0.695. The third kappa shape index (κ3) is 4.97. The monoisotopic (exact) mass is 276 g/mol. The minimum Gasteiger partial charge on any atom is -0.451 e. The van der Waals surface area contributed by atoms with Crippen molar-refractivity contribution in [2.45, 2.75) is 32.0 Å². The Kier molecular flexibility index (Phi) is 6.67. The molecule has 0 bridgehead atoms. The van der Waals surface area contributed by atoms with Gasteiger partial charge in [0.15, 0.2) is 11.9 Å². The number of ether oxygens (including phenoxy) is 2. The van der Waals surface area contributed by atoms with Gasteiger partial charge >= 0.3 is 5.97 Å². The van der Waals surface area contributed by atoms with Crippen molar-refractivity contribution in [2.75, 3.05) is 7.11 Å². The molecule has 0 saturated heterocycles. The van der Waals surface area contributed by atoms with Crippen LogP contribution in [-0.4, -0.2) is 31.1 Å². The Morgan fingerprint density at radius 2 is 1.95 bits per heavy atom. The maximum atomic E-state index is 12.0. The largest absolute Gasteiger partial charge is 0.451 e. The van der Waals surface area contributed by atoms with Crippen molar-refractivity contribution in [2.24, 2.45) is 0 Å². The molecule has 0 unspecified atom stereocenters. The van der Waals surface area contributed by atoms with Crippen LogP contribution in [0.25, 0.3) is 0 Å². The minimum absolute atomic E-state index is 0.190. The highest BCUT2D eigenvalue weighted by molar-refractivity contribution is 5.92. The second-order valence-electron chi connectivity index (χ2n) is 4.49. The summed E-state index contributed by atoms with van der Waals surface area (Å²) in [5.41, 5.74) is 0.427. The normalized spacial score (nSPS) is 13.3. The van der Waals surface area contributed by atoms with Gasteiger partial charge in [-0.2, -0.15) is 0 Å². The summed E-state index contributed by atoms with van der Waals surface area (Å²) >= 11 is 0. The van der Waals surface area contributed by atoms with Gasteiger partial charge in [-0.15, -0.1) is 6.58 Å². The lowest BCUT2D eigenvalue weighted by molar-refractivity contribution is -0.127. The van der Waals surface area contributed by atoms with E-state index in [-0.39, 0.29) is 11.9 Å². The standard InChI is InChI=1S/C16H20O4/c1-4-8-14(19-3)11-15(12(2)17)20-16(18)13-9-6-5-7-10-13/h4-7,9-10,14-15H,1,8,11H2,2-3H3/t14-,15-/m0/s1. The van der Waals surface area contributed by atoms with Crippen molar-refractivity contribution in [1.82, 2.24) is 0 Å². The van der Waals surface area contributed by atoms with E-state index in [2.05, 4.69) is 6.58 Å². The van der Waals surface area contributed by atoms with E-state index >= 15 is 0 Å². The molecule has 0 saturated carbocycles. The number of hydrogen-bond acceptors (Lipinski definition) is 4. The van der Waals surface area contributed by atoms with Gasteiger partial charge in [0.2, 0.25) is 0 Å². The molecule has 0 fully saturated rings. The summed E-state index contributed by atoms with van der Waals surface area (Å²) in [6.07, 6.45) is 1.65. The number of carbonyl (C=O) groups excluding carboxylic acids is 2. The van der Waals surface area contributed by atoms with Crippen LogP contribution in [0.1, 0.15) is 30.1 Å². The minimum atomic E-state index is -0.799. The highest BCUT2D eigenvalue weighted by atomic mass is 16.5. The molecule has 4 heteroatoms. The number of carbonyl (C=O) groups is 2. The van der Waals surface area contributed by atoms with E-state index in [1.807, 2.05) is 6.07 Å². The fraction of sp³-hybridized carbons (Fsp3) is 0.375. The number of benzene rings is 1. The fourth-order valence-electron chi connectivity index (χ4n) is 1.78. The Bertz CT molecular complexity index is 453. The summed E-state index contributed by atoms with van der Waals surface area (Å²) < 4.78 is 10.5. The number of esters is 1. The zero-order valence-electron chi connectivity index (χ0n) is 11.9. The van der Waals surface area contributed by atoms with Crippen molar-refractivity contribution in [3.8, 4) is 0 Å². The average Bonchev–Trinajstić information content (AvgIpc) is 2.46. The van der Waals surface area contributed by atoms with E-state index in [0.29, 0.717) is 18.4 Å². The van der Waals surface area contributed by atoms with Crippen LogP contribution in [-0.2, 0) is 14.3 Å². The molecule has 0 aliphatic rings. The van der Waals surface area contributed by atoms with Crippen LogP contribution >= 0.6 is 0 Å². The lowest BCUT2D eigenvalue weighted by Crippen LogP contribution is -2.30. The van der Waals surface area contributed by atoms with Crippen LogP contribution in [0.4, 0.5) is 0 Å². The van der Waals surface area contributed by atoms with E-state index in [9.17, 15) is 9.59 Å². The molecule has 1 rings (SSSR count). The third-order valence-electron chi connectivity index (χ3n) is 2.95. The first kappa shape index (κ1) is 16.1. The molecule has 0 heterocycles. The first-order valence-corrected chi connectivity index (χ1v) is 6.48. The molecule has 4 nitrogen and oxygen atoms in total. The number of methoxy groups -OCH3 is 1. The van der Waals surface area contributed by atoms with Crippen LogP contribution in [0.2, 0.25) is 0 Å². The second-order valence-corrected chi connectivity index (χ2v) is 4.49. The van der Waals surface area contributed by atoms with Crippen LogP contribution < -0.4 is 0 Å². The van der Waals surface area contributed by atoms with Gasteiger partial charge in [0.1, 0.15) is 0 Å². The van der Waals surface area contributed by atoms with Crippen LogP contribution in [0.15, 0.2) is 43.0 Å². The molecule has 0 N–H and O–H groups in total. The van der Waals surface area contributed by atoms with E-state index in [1.54, 1.807) is 37.5 Å². The van der Waals surface area contributed by atoms with Crippen LogP contribution in [0, 0.1) is 0 Å². The van der Waals surface area contributed by atoms with Gasteiger partial charge < -0.3 is 9.47 Å². The van der Waals surface area contributed by atoms with Crippen LogP contribution in [0.3, 0.4) is 0 Å². The van der Waals surface area contributed by atoms with Gasteiger partial charge in [0.05, 0.1) is 11.7 Å². The summed E-state index contributed by atoms with van der Waals surface area (Å²) in [4.78, 5) is 23.6. The molecule has 0 aliphatic carbocycles. The summed E-state index contributed by atoms with van der Waals surface area (Å²) in [6.45, 7) is 5.04. The van der Waals surface area contributed by atoms with Crippen molar-refractivity contribution in [3.05, 3.63) is 48.6 Å². The maximum Gasteiger partial charge on any atom is 0.338 e. The molecule has 108 valence electrons. The van der Waals surface area contributed by atoms with Gasteiger partial charge in [0.25, 0.3) is 0 Å². The lowest BCUT2D eigenvalue weighted by Gasteiger charge is -2.20. The molecule has 1 aromatic rings. The topological polar surface area (TPSA) is 52.6 Å². The molecule has 0 aliphatic heterocycles. The lowest BCUT2D eigenvalue weighted by atomic mass is 10.1. The number of ketones is 1. The number of rotatable bonds is 8. The fourth-order valence-corrected chi connectivity index (χ4v) is 1.78. The quantitative estimate of drug-likeness (QED) is 0.541. The molecular formula is C16H20O4. The molecular weight excluding hydrogens is 256 g/mol. The van der Waals surface area contributed by atoms with Gasteiger partial charge in [-0.05, 0) is 25.5 Å². The Balaban J connectivity index is 2.70. The van der Waals surface area contributed by atoms with Gasteiger partial charge in [0, 0.05) is 13.5 Å². The Morgan fingerprint density at radius 1 is 1.30 bits per heavy atom. The zero-order chi connectivity index (χ0) is 15.0. The summed E-state index contributed by atoms with van der Waals surface area (Å²) in [6, 6.07) is 8.60. The molecule has 20 heavy (non-hydrogen) atoms. The molecule has 0 radical (unpaired) electrons. The van der Waals surface area contributed by atoms with Gasteiger partial charge in [-0.1, -0.05) is 24.3 Å². The van der Waals surface area contributed by atoms with Crippen LogP contribution in [0.5, 0.6) is 0 Å². The van der Waals surface area contributed by atoms with Crippen molar-refractivity contribution in [3.63, 3.8) is 0 Å². The molecule has 2 atom stereocenters. The maximum absolute atomic E-state index is 12.0. The third-order valence-corrected chi connectivity index (χ3v) is 2.95. The Labute approximate surface area is 119 Å². The average molecular weight is 276 g/mol. The Hall–Kier alpha value is -1.94.